The van der Waals surface area contributed by atoms with E-state index in [1.165, 1.54) is 4.31 Å². The Morgan fingerprint density at radius 2 is 1.78 bits per heavy atom. The molecule has 0 bridgehead atoms. The summed E-state index contributed by atoms with van der Waals surface area (Å²) in [4.78, 5) is 2.57. The zero-order valence-electron chi connectivity index (χ0n) is 15.4. The number of morpholine rings is 1. The lowest BCUT2D eigenvalue weighted by Crippen LogP contribution is -2.36. The van der Waals surface area contributed by atoms with Crippen LogP contribution in [0.2, 0.25) is 0 Å². The number of hydrogen-bond acceptors (Lipinski definition) is 5. The summed E-state index contributed by atoms with van der Waals surface area (Å²) in [6.07, 6.45) is 0.726. The SMILES string of the molecule is CCOc1ccc(S(=O)(=O)N2CCc3cc(N4CCOCC4)ccc32)cc1. The summed E-state index contributed by atoms with van der Waals surface area (Å²) in [7, 11) is -3.58. The van der Waals surface area contributed by atoms with Crippen LogP contribution in [0.3, 0.4) is 0 Å². The topological polar surface area (TPSA) is 59.1 Å². The highest BCUT2D eigenvalue weighted by Gasteiger charge is 2.31. The lowest BCUT2D eigenvalue weighted by molar-refractivity contribution is 0.122. The van der Waals surface area contributed by atoms with Crippen molar-refractivity contribution in [3.05, 3.63) is 48.0 Å². The molecule has 0 aliphatic carbocycles. The van der Waals surface area contributed by atoms with E-state index in [1.54, 1.807) is 24.3 Å². The molecule has 0 unspecified atom stereocenters. The summed E-state index contributed by atoms with van der Waals surface area (Å²) in [5.41, 5.74) is 2.99. The number of hydrogen-bond donors (Lipinski definition) is 0. The van der Waals surface area contributed by atoms with E-state index < -0.39 is 10.0 Å². The van der Waals surface area contributed by atoms with Gasteiger partial charge in [-0.1, -0.05) is 0 Å². The predicted octanol–water partition coefficient (Wildman–Crippen LogP) is 2.67. The van der Waals surface area contributed by atoms with Crippen molar-refractivity contribution >= 4 is 21.4 Å². The van der Waals surface area contributed by atoms with Crippen LogP contribution in [0.5, 0.6) is 5.75 Å². The van der Waals surface area contributed by atoms with Gasteiger partial charge in [-0.15, -0.1) is 0 Å². The van der Waals surface area contributed by atoms with Crippen LogP contribution in [0, 0.1) is 0 Å². The van der Waals surface area contributed by atoms with Crippen LogP contribution >= 0.6 is 0 Å². The number of fused-ring (bicyclic) bond motifs is 1. The molecule has 0 radical (unpaired) electrons. The fourth-order valence-electron chi connectivity index (χ4n) is 3.63. The summed E-state index contributed by atoms with van der Waals surface area (Å²) in [5.74, 6) is 0.674. The van der Waals surface area contributed by atoms with Crippen LogP contribution in [0.4, 0.5) is 11.4 Å². The molecule has 2 aliphatic rings. The Balaban J connectivity index is 1.59. The molecule has 2 aliphatic heterocycles. The number of benzene rings is 2. The average Bonchev–Trinajstić information content (AvgIpc) is 3.13. The minimum atomic E-state index is -3.58. The quantitative estimate of drug-likeness (QED) is 0.788. The number of rotatable bonds is 5. The Kier molecular flexibility index (Phi) is 4.97. The third-order valence-corrected chi connectivity index (χ3v) is 6.84. The molecule has 0 saturated carbocycles. The van der Waals surface area contributed by atoms with Crippen molar-refractivity contribution in [1.29, 1.82) is 0 Å². The largest absolute Gasteiger partial charge is 0.494 e. The maximum Gasteiger partial charge on any atom is 0.264 e. The summed E-state index contributed by atoms with van der Waals surface area (Å²) >= 11 is 0. The molecule has 4 rings (SSSR count). The maximum atomic E-state index is 13.1. The van der Waals surface area contributed by atoms with Crippen LogP contribution < -0.4 is 13.9 Å². The Morgan fingerprint density at radius 3 is 2.48 bits per heavy atom. The van der Waals surface area contributed by atoms with Crippen molar-refractivity contribution in [2.24, 2.45) is 0 Å². The monoisotopic (exact) mass is 388 g/mol. The summed E-state index contributed by atoms with van der Waals surface area (Å²) in [5, 5.41) is 0. The van der Waals surface area contributed by atoms with Gasteiger partial charge in [-0.3, -0.25) is 4.31 Å². The van der Waals surface area contributed by atoms with E-state index in [2.05, 4.69) is 11.0 Å². The van der Waals surface area contributed by atoms with Gasteiger partial charge in [0.15, 0.2) is 0 Å². The zero-order chi connectivity index (χ0) is 18.9. The van der Waals surface area contributed by atoms with E-state index in [4.69, 9.17) is 9.47 Å². The molecule has 1 fully saturated rings. The van der Waals surface area contributed by atoms with E-state index >= 15 is 0 Å². The van der Waals surface area contributed by atoms with Crippen LogP contribution in [-0.2, 0) is 21.2 Å². The van der Waals surface area contributed by atoms with Crippen molar-refractivity contribution in [2.75, 3.05) is 48.7 Å². The second kappa shape index (κ2) is 7.40. The van der Waals surface area contributed by atoms with Gasteiger partial charge in [0.2, 0.25) is 0 Å². The third kappa shape index (κ3) is 3.49. The van der Waals surface area contributed by atoms with E-state index in [-0.39, 0.29) is 4.90 Å². The van der Waals surface area contributed by atoms with Crippen molar-refractivity contribution in [3.8, 4) is 5.75 Å². The van der Waals surface area contributed by atoms with Crippen LogP contribution in [0.25, 0.3) is 0 Å². The van der Waals surface area contributed by atoms with E-state index in [9.17, 15) is 8.42 Å². The number of sulfonamides is 1. The second-order valence-electron chi connectivity index (χ2n) is 6.64. The molecule has 2 aromatic carbocycles. The molecule has 7 heteroatoms. The van der Waals surface area contributed by atoms with Crippen molar-refractivity contribution in [3.63, 3.8) is 0 Å². The van der Waals surface area contributed by atoms with E-state index in [0.717, 1.165) is 49.7 Å². The molecule has 27 heavy (non-hydrogen) atoms. The second-order valence-corrected chi connectivity index (χ2v) is 8.51. The van der Waals surface area contributed by atoms with Gasteiger partial charge in [-0.25, -0.2) is 8.42 Å². The molecule has 2 aromatic rings. The minimum absolute atomic E-state index is 0.288. The first kappa shape index (κ1) is 18.1. The molecule has 0 atom stereocenters. The Bertz CT molecular complexity index is 906. The smallest absolute Gasteiger partial charge is 0.264 e. The Labute approximate surface area is 160 Å². The third-order valence-electron chi connectivity index (χ3n) is 5.01. The summed E-state index contributed by atoms with van der Waals surface area (Å²) < 4.78 is 38.6. The van der Waals surface area contributed by atoms with Crippen LogP contribution in [0.15, 0.2) is 47.4 Å². The Hall–Kier alpha value is -2.25. The number of nitrogens with zero attached hydrogens (tertiary/aromatic N) is 2. The average molecular weight is 388 g/mol. The molecule has 2 heterocycles. The van der Waals surface area contributed by atoms with Gasteiger partial charge >= 0.3 is 0 Å². The normalized spacial score (nSPS) is 17.1. The van der Waals surface area contributed by atoms with Crippen LogP contribution in [0.1, 0.15) is 12.5 Å². The van der Waals surface area contributed by atoms with Crippen LogP contribution in [-0.4, -0.2) is 47.9 Å². The molecule has 0 amide bonds. The first-order valence-corrected chi connectivity index (χ1v) is 10.7. The van der Waals surface area contributed by atoms with Crippen molar-refractivity contribution in [2.45, 2.75) is 18.2 Å². The standard InChI is InChI=1S/C20H24N2O4S/c1-2-26-18-4-6-19(7-5-18)27(23,24)22-10-9-16-15-17(3-8-20(16)22)21-11-13-25-14-12-21/h3-8,15H,2,9-14H2,1H3. The van der Waals surface area contributed by atoms with Gasteiger partial charge in [0.1, 0.15) is 5.75 Å². The molecule has 144 valence electrons. The van der Waals surface area contributed by atoms with E-state index in [0.29, 0.717) is 18.9 Å². The molecule has 0 aromatic heterocycles. The zero-order valence-corrected chi connectivity index (χ0v) is 16.2. The highest BCUT2D eigenvalue weighted by Crippen LogP contribution is 2.36. The fourth-order valence-corrected chi connectivity index (χ4v) is 5.13. The van der Waals surface area contributed by atoms with Gasteiger partial charge in [-0.05, 0) is 61.4 Å². The molecule has 1 saturated heterocycles. The Morgan fingerprint density at radius 1 is 1.04 bits per heavy atom. The molecular weight excluding hydrogens is 364 g/mol. The fraction of sp³-hybridized carbons (Fsp3) is 0.400. The molecular formula is C20H24N2O4S. The van der Waals surface area contributed by atoms with Gasteiger partial charge in [0.05, 0.1) is 30.4 Å². The number of ether oxygens (including phenoxy) is 2. The van der Waals surface area contributed by atoms with Gasteiger partial charge in [0, 0.05) is 25.3 Å². The maximum absolute atomic E-state index is 13.1. The first-order chi connectivity index (χ1) is 13.1. The molecule has 6 nitrogen and oxygen atoms in total. The van der Waals surface area contributed by atoms with E-state index in [1.807, 2.05) is 19.1 Å². The van der Waals surface area contributed by atoms with Gasteiger partial charge < -0.3 is 14.4 Å². The number of anilines is 2. The van der Waals surface area contributed by atoms with Gasteiger partial charge in [-0.2, -0.15) is 0 Å². The van der Waals surface area contributed by atoms with Crippen molar-refractivity contribution in [1.82, 2.24) is 0 Å². The minimum Gasteiger partial charge on any atom is -0.494 e. The lowest BCUT2D eigenvalue weighted by atomic mass is 10.1. The summed E-state index contributed by atoms with van der Waals surface area (Å²) in [6, 6.07) is 12.7. The molecule has 0 N–H and O–H groups in total. The predicted molar refractivity (Wildman–Crippen MR) is 105 cm³/mol. The lowest BCUT2D eigenvalue weighted by Gasteiger charge is -2.29. The first-order valence-electron chi connectivity index (χ1n) is 9.31. The van der Waals surface area contributed by atoms with Crippen molar-refractivity contribution < 1.29 is 17.9 Å². The molecule has 0 spiro atoms. The highest BCUT2D eigenvalue weighted by atomic mass is 32.2. The summed E-state index contributed by atoms with van der Waals surface area (Å²) in [6.45, 7) is 6.12. The highest BCUT2D eigenvalue weighted by molar-refractivity contribution is 7.92. The van der Waals surface area contributed by atoms with Gasteiger partial charge in [0.25, 0.3) is 10.0 Å².